The lowest BCUT2D eigenvalue weighted by atomic mass is 10.3. The number of nitrogen functional groups attached to an aromatic ring is 1. The number of hydrogen-bond donors (Lipinski definition) is 2. The topological polar surface area (TPSA) is 90.0 Å². The second-order valence-electron chi connectivity index (χ2n) is 3.96. The highest BCUT2D eigenvalue weighted by molar-refractivity contribution is 14.1. The largest absolute Gasteiger partial charge is 0.399 e. The number of nitrogens with two attached hydrogens (primary N) is 1. The SMILES string of the molecule is Nc1ccc(NC(=O)Cn2cncc(I)c2=O)c(Br)c1. The molecule has 104 valence electrons. The van der Waals surface area contributed by atoms with Crippen LogP contribution >= 0.6 is 38.5 Å². The van der Waals surface area contributed by atoms with Crippen LogP contribution in [0.4, 0.5) is 11.4 Å². The normalized spacial score (nSPS) is 10.3. The average Bonchev–Trinajstić information content (AvgIpc) is 2.38. The van der Waals surface area contributed by atoms with Crippen molar-refractivity contribution in [3.63, 3.8) is 0 Å². The van der Waals surface area contributed by atoms with Crippen LogP contribution in [0, 0.1) is 3.57 Å². The maximum absolute atomic E-state index is 11.9. The molecule has 6 nitrogen and oxygen atoms in total. The van der Waals surface area contributed by atoms with Crippen LogP contribution in [0.1, 0.15) is 0 Å². The van der Waals surface area contributed by atoms with Gasteiger partial charge in [-0.05, 0) is 56.7 Å². The van der Waals surface area contributed by atoms with Gasteiger partial charge in [-0.1, -0.05) is 0 Å². The number of hydrogen-bond acceptors (Lipinski definition) is 4. The number of carbonyl (C=O) groups excluding carboxylic acids is 1. The fourth-order valence-corrected chi connectivity index (χ4v) is 2.48. The molecular formula is C12H10BrIN4O2. The average molecular weight is 449 g/mol. The van der Waals surface area contributed by atoms with Crippen LogP contribution in [0.15, 0.2) is 40.0 Å². The van der Waals surface area contributed by atoms with Crippen LogP contribution in [0.25, 0.3) is 0 Å². The number of halogens is 2. The number of aromatic nitrogens is 2. The minimum Gasteiger partial charge on any atom is -0.399 e. The van der Waals surface area contributed by atoms with Crippen molar-refractivity contribution in [1.29, 1.82) is 0 Å². The van der Waals surface area contributed by atoms with E-state index in [-0.39, 0.29) is 18.0 Å². The summed E-state index contributed by atoms with van der Waals surface area (Å²) in [5.74, 6) is -0.318. The Morgan fingerprint density at radius 1 is 1.50 bits per heavy atom. The van der Waals surface area contributed by atoms with Gasteiger partial charge in [0.1, 0.15) is 6.54 Å². The lowest BCUT2D eigenvalue weighted by molar-refractivity contribution is -0.116. The molecule has 0 aliphatic rings. The number of carbonyl (C=O) groups is 1. The summed E-state index contributed by atoms with van der Waals surface area (Å²) >= 11 is 5.19. The van der Waals surface area contributed by atoms with Gasteiger partial charge in [0, 0.05) is 16.4 Å². The second kappa shape index (κ2) is 6.35. The Hall–Kier alpha value is -1.42. The highest BCUT2D eigenvalue weighted by Crippen LogP contribution is 2.24. The number of amides is 1. The summed E-state index contributed by atoms with van der Waals surface area (Å²) in [4.78, 5) is 27.6. The number of anilines is 2. The van der Waals surface area contributed by atoms with E-state index in [2.05, 4.69) is 26.2 Å². The molecule has 0 radical (unpaired) electrons. The van der Waals surface area contributed by atoms with E-state index >= 15 is 0 Å². The molecule has 20 heavy (non-hydrogen) atoms. The summed E-state index contributed by atoms with van der Waals surface area (Å²) in [5, 5.41) is 2.70. The fourth-order valence-electron chi connectivity index (χ4n) is 1.51. The maximum atomic E-state index is 11.9. The monoisotopic (exact) mass is 448 g/mol. The number of benzene rings is 1. The predicted molar refractivity (Wildman–Crippen MR) is 88.4 cm³/mol. The molecule has 2 aromatic rings. The van der Waals surface area contributed by atoms with Crippen molar-refractivity contribution in [3.05, 3.63) is 49.1 Å². The summed E-state index contributed by atoms with van der Waals surface area (Å²) in [5.41, 5.74) is 6.56. The lowest BCUT2D eigenvalue weighted by Crippen LogP contribution is -2.29. The van der Waals surface area contributed by atoms with Crippen LogP contribution in [-0.2, 0) is 11.3 Å². The Balaban J connectivity index is 2.13. The van der Waals surface area contributed by atoms with E-state index < -0.39 is 0 Å². The molecule has 1 aromatic carbocycles. The van der Waals surface area contributed by atoms with Gasteiger partial charge in [-0.15, -0.1) is 0 Å². The first kappa shape index (κ1) is 15.0. The molecule has 0 aliphatic carbocycles. The Bertz CT molecular complexity index is 717. The molecule has 1 amide bonds. The zero-order valence-electron chi connectivity index (χ0n) is 10.1. The first-order valence-electron chi connectivity index (χ1n) is 5.52. The molecule has 2 rings (SSSR count). The van der Waals surface area contributed by atoms with Gasteiger partial charge in [-0.3, -0.25) is 14.2 Å². The van der Waals surface area contributed by atoms with Crippen LogP contribution in [0.2, 0.25) is 0 Å². The van der Waals surface area contributed by atoms with Crippen molar-refractivity contribution in [3.8, 4) is 0 Å². The molecule has 3 N–H and O–H groups in total. The molecular weight excluding hydrogens is 439 g/mol. The van der Waals surface area contributed by atoms with E-state index in [1.807, 2.05) is 22.6 Å². The van der Waals surface area contributed by atoms with Crippen molar-refractivity contribution in [1.82, 2.24) is 9.55 Å². The smallest absolute Gasteiger partial charge is 0.267 e. The summed E-state index contributed by atoms with van der Waals surface area (Å²) in [6.07, 6.45) is 2.79. The van der Waals surface area contributed by atoms with E-state index in [1.54, 1.807) is 18.2 Å². The predicted octanol–water partition coefficient (Wildman–Crippen LogP) is 1.83. The van der Waals surface area contributed by atoms with E-state index in [1.165, 1.54) is 17.1 Å². The van der Waals surface area contributed by atoms with E-state index in [4.69, 9.17) is 5.73 Å². The van der Waals surface area contributed by atoms with Gasteiger partial charge in [0.15, 0.2) is 0 Å². The fraction of sp³-hybridized carbons (Fsp3) is 0.0833. The number of nitrogens with zero attached hydrogens (tertiary/aromatic N) is 2. The minimum atomic E-state index is -0.318. The highest BCUT2D eigenvalue weighted by atomic mass is 127. The number of nitrogens with one attached hydrogen (secondary N) is 1. The van der Waals surface area contributed by atoms with Crippen LogP contribution in [0.3, 0.4) is 0 Å². The molecule has 0 unspecified atom stereocenters. The van der Waals surface area contributed by atoms with Gasteiger partial charge in [0.2, 0.25) is 5.91 Å². The van der Waals surface area contributed by atoms with Crippen LogP contribution in [-0.4, -0.2) is 15.5 Å². The third-order valence-electron chi connectivity index (χ3n) is 2.44. The molecule has 1 heterocycles. The molecule has 0 fully saturated rings. The summed E-state index contributed by atoms with van der Waals surface area (Å²) in [6.45, 7) is -0.0977. The Morgan fingerprint density at radius 3 is 2.95 bits per heavy atom. The quantitative estimate of drug-likeness (QED) is 0.553. The molecule has 0 saturated heterocycles. The van der Waals surface area contributed by atoms with E-state index in [9.17, 15) is 9.59 Å². The molecule has 0 saturated carbocycles. The second-order valence-corrected chi connectivity index (χ2v) is 5.98. The first-order chi connectivity index (χ1) is 9.47. The number of rotatable bonds is 3. The van der Waals surface area contributed by atoms with Crippen molar-refractivity contribution < 1.29 is 4.79 Å². The third-order valence-corrected chi connectivity index (χ3v) is 3.84. The van der Waals surface area contributed by atoms with E-state index in [0.717, 1.165) is 0 Å². The van der Waals surface area contributed by atoms with Crippen molar-refractivity contribution in [2.24, 2.45) is 0 Å². The van der Waals surface area contributed by atoms with Gasteiger partial charge in [-0.25, -0.2) is 4.98 Å². The maximum Gasteiger partial charge on any atom is 0.267 e. The van der Waals surface area contributed by atoms with Gasteiger partial charge in [0.25, 0.3) is 5.56 Å². The molecule has 0 bridgehead atoms. The summed E-state index contributed by atoms with van der Waals surface area (Å²) in [6, 6.07) is 5.06. The molecule has 0 spiro atoms. The summed E-state index contributed by atoms with van der Waals surface area (Å²) < 4.78 is 2.40. The Kier molecular flexibility index (Phi) is 4.76. The van der Waals surface area contributed by atoms with Crippen LogP contribution in [0.5, 0.6) is 0 Å². The molecule has 1 aromatic heterocycles. The highest BCUT2D eigenvalue weighted by Gasteiger charge is 2.09. The minimum absolute atomic E-state index is 0.0977. The Labute approximate surface area is 136 Å². The van der Waals surface area contributed by atoms with Gasteiger partial charge in [-0.2, -0.15) is 0 Å². The van der Waals surface area contributed by atoms with Crippen molar-refractivity contribution in [2.45, 2.75) is 6.54 Å². The van der Waals surface area contributed by atoms with Gasteiger partial charge in [0.05, 0.1) is 15.6 Å². The standard InChI is InChI=1S/C12H10BrIN4O2/c13-8-3-7(15)1-2-10(8)17-11(19)5-18-6-16-4-9(14)12(18)20/h1-4,6H,5,15H2,(H,17,19). The Morgan fingerprint density at radius 2 is 2.25 bits per heavy atom. The summed E-state index contributed by atoms with van der Waals surface area (Å²) in [7, 11) is 0. The van der Waals surface area contributed by atoms with Crippen molar-refractivity contribution >= 4 is 55.8 Å². The van der Waals surface area contributed by atoms with Gasteiger partial charge >= 0.3 is 0 Å². The zero-order valence-corrected chi connectivity index (χ0v) is 13.9. The van der Waals surface area contributed by atoms with Gasteiger partial charge < -0.3 is 11.1 Å². The van der Waals surface area contributed by atoms with Crippen molar-refractivity contribution in [2.75, 3.05) is 11.1 Å². The molecule has 0 aliphatic heterocycles. The van der Waals surface area contributed by atoms with E-state index in [0.29, 0.717) is 19.4 Å². The zero-order chi connectivity index (χ0) is 14.7. The molecule has 0 atom stereocenters. The third kappa shape index (κ3) is 3.57. The van der Waals surface area contributed by atoms with Crippen LogP contribution < -0.4 is 16.6 Å². The molecule has 8 heteroatoms. The first-order valence-corrected chi connectivity index (χ1v) is 7.39. The lowest BCUT2D eigenvalue weighted by Gasteiger charge is -2.09.